The van der Waals surface area contributed by atoms with E-state index in [0.717, 1.165) is 47.8 Å². The predicted molar refractivity (Wildman–Crippen MR) is 78.1 cm³/mol. The molecule has 18 heavy (non-hydrogen) atoms. The van der Waals surface area contributed by atoms with Crippen LogP contribution in [-0.2, 0) is 11.3 Å². The number of rotatable bonds is 4. The average molecular weight is 334 g/mol. The Morgan fingerprint density at radius 3 is 3.11 bits per heavy atom. The van der Waals surface area contributed by atoms with E-state index in [1.807, 2.05) is 12.1 Å². The number of ether oxygens (including phenoxy) is 1. The minimum absolute atomic E-state index is 0.273. The van der Waals surface area contributed by atoms with Crippen LogP contribution in [0.4, 0.5) is 0 Å². The lowest BCUT2D eigenvalue weighted by Crippen LogP contribution is -2.44. The third-order valence-corrected chi connectivity index (χ3v) is 3.83. The van der Waals surface area contributed by atoms with E-state index < -0.39 is 0 Å². The maximum Gasteiger partial charge on any atom is 0.0826 e. The minimum Gasteiger partial charge on any atom is -0.374 e. The summed E-state index contributed by atoms with van der Waals surface area (Å²) < 4.78 is 6.75. The zero-order chi connectivity index (χ0) is 13.0. The Kier molecular flexibility index (Phi) is 5.45. The van der Waals surface area contributed by atoms with E-state index in [4.69, 9.17) is 16.3 Å². The Balaban J connectivity index is 1.89. The lowest BCUT2D eigenvalue weighted by molar-refractivity contribution is 0.00885. The fourth-order valence-electron chi connectivity index (χ4n) is 2.10. The molecule has 0 saturated carbocycles. The Morgan fingerprint density at radius 1 is 1.56 bits per heavy atom. The molecule has 100 valence electrons. The zero-order valence-electron chi connectivity index (χ0n) is 10.5. The van der Waals surface area contributed by atoms with Crippen LogP contribution in [0.15, 0.2) is 22.7 Å². The molecule has 1 aliphatic rings. The van der Waals surface area contributed by atoms with Crippen molar-refractivity contribution in [2.45, 2.75) is 12.6 Å². The van der Waals surface area contributed by atoms with Gasteiger partial charge in [-0.3, -0.25) is 4.90 Å². The predicted octanol–water partition coefficient (Wildman–Crippen LogP) is 2.52. The molecule has 0 radical (unpaired) electrons. The topological polar surface area (TPSA) is 24.5 Å². The van der Waals surface area contributed by atoms with Crippen LogP contribution in [0.3, 0.4) is 0 Å². The standard InChI is InChI=1S/C13H18BrClN2O/c1-17(9-12-7-16-4-5-18-12)8-10-6-11(14)2-3-13(10)15/h2-3,6,12,16H,4-5,7-9H2,1H3. The van der Waals surface area contributed by atoms with Crippen molar-refractivity contribution in [1.29, 1.82) is 0 Å². The van der Waals surface area contributed by atoms with Gasteiger partial charge in [0.05, 0.1) is 12.7 Å². The Bertz CT molecular complexity index is 397. The number of likely N-dealkylation sites (N-methyl/N-ethyl adjacent to an activating group) is 1. The fraction of sp³-hybridized carbons (Fsp3) is 0.538. The molecule has 1 saturated heterocycles. The van der Waals surface area contributed by atoms with Gasteiger partial charge in [-0.15, -0.1) is 0 Å². The summed E-state index contributed by atoms with van der Waals surface area (Å²) >= 11 is 9.66. The number of hydrogen-bond acceptors (Lipinski definition) is 3. The van der Waals surface area contributed by atoms with Crippen LogP contribution in [0.1, 0.15) is 5.56 Å². The molecule has 2 rings (SSSR count). The quantitative estimate of drug-likeness (QED) is 0.916. The van der Waals surface area contributed by atoms with E-state index in [0.29, 0.717) is 0 Å². The molecule has 1 heterocycles. The van der Waals surface area contributed by atoms with Crippen LogP contribution in [0.25, 0.3) is 0 Å². The molecule has 0 aliphatic carbocycles. The summed E-state index contributed by atoms with van der Waals surface area (Å²) in [7, 11) is 2.09. The van der Waals surface area contributed by atoms with Gasteiger partial charge in [0.2, 0.25) is 0 Å². The second kappa shape index (κ2) is 6.87. The van der Waals surface area contributed by atoms with Crippen LogP contribution in [-0.4, -0.2) is 44.3 Å². The second-order valence-electron chi connectivity index (χ2n) is 4.63. The molecule has 1 aromatic carbocycles. The molecule has 1 unspecified atom stereocenters. The molecule has 0 aromatic heterocycles. The molecule has 0 amide bonds. The van der Waals surface area contributed by atoms with Gasteiger partial charge in [0.15, 0.2) is 0 Å². The molecule has 1 aromatic rings. The van der Waals surface area contributed by atoms with Gasteiger partial charge in [-0.1, -0.05) is 27.5 Å². The van der Waals surface area contributed by atoms with Crippen molar-refractivity contribution >= 4 is 27.5 Å². The maximum absolute atomic E-state index is 6.19. The van der Waals surface area contributed by atoms with Crippen LogP contribution in [0, 0.1) is 0 Å². The number of hydrogen-bond donors (Lipinski definition) is 1. The van der Waals surface area contributed by atoms with Crippen molar-refractivity contribution in [3.63, 3.8) is 0 Å². The minimum atomic E-state index is 0.273. The van der Waals surface area contributed by atoms with Crippen LogP contribution in [0.5, 0.6) is 0 Å². The SMILES string of the molecule is CN(Cc1cc(Br)ccc1Cl)CC1CNCCO1. The number of morpholine rings is 1. The van der Waals surface area contributed by atoms with Gasteiger partial charge in [0, 0.05) is 35.7 Å². The van der Waals surface area contributed by atoms with Crippen molar-refractivity contribution in [1.82, 2.24) is 10.2 Å². The van der Waals surface area contributed by atoms with E-state index in [2.05, 4.69) is 39.3 Å². The van der Waals surface area contributed by atoms with Gasteiger partial charge in [-0.05, 0) is 30.8 Å². The fourth-order valence-corrected chi connectivity index (χ4v) is 2.69. The highest BCUT2D eigenvalue weighted by Crippen LogP contribution is 2.22. The molecule has 5 heteroatoms. The van der Waals surface area contributed by atoms with Crippen molar-refractivity contribution in [3.8, 4) is 0 Å². The van der Waals surface area contributed by atoms with Crippen LogP contribution in [0.2, 0.25) is 5.02 Å². The molecule has 0 bridgehead atoms. The van der Waals surface area contributed by atoms with Gasteiger partial charge in [0.1, 0.15) is 0 Å². The highest BCUT2D eigenvalue weighted by molar-refractivity contribution is 9.10. The Labute approximate surface area is 122 Å². The smallest absolute Gasteiger partial charge is 0.0826 e. The summed E-state index contributed by atoms with van der Waals surface area (Å²) in [6.45, 7) is 4.43. The van der Waals surface area contributed by atoms with Crippen molar-refractivity contribution < 1.29 is 4.74 Å². The van der Waals surface area contributed by atoms with Crippen molar-refractivity contribution in [2.75, 3.05) is 33.3 Å². The molecular weight excluding hydrogens is 316 g/mol. The van der Waals surface area contributed by atoms with Crippen LogP contribution >= 0.6 is 27.5 Å². The molecule has 3 nitrogen and oxygen atoms in total. The Hall–Kier alpha value is -0.130. The molecular formula is C13H18BrClN2O. The highest BCUT2D eigenvalue weighted by Gasteiger charge is 2.16. The Morgan fingerprint density at radius 2 is 2.39 bits per heavy atom. The van der Waals surface area contributed by atoms with Crippen molar-refractivity contribution in [3.05, 3.63) is 33.3 Å². The molecule has 1 aliphatic heterocycles. The first-order valence-corrected chi connectivity index (χ1v) is 7.27. The van der Waals surface area contributed by atoms with E-state index in [9.17, 15) is 0 Å². The third-order valence-electron chi connectivity index (χ3n) is 2.97. The van der Waals surface area contributed by atoms with Gasteiger partial charge in [0.25, 0.3) is 0 Å². The summed E-state index contributed by atoms with van der Waals surface area (Å²) in [5, 5.41) is 4.15. The lowest BCUT2D eigenvalue weighted by atomic mass is 10.2. The van der Waals surface area contributed by atoms with Gasteiger partial charge in [-0.2, -0.15) is 0 Å². The number of halogens is 2. The van der Waals surface area contributed by atoms with E-state index >= 15 is 0 Å². The van der Waals surface area contributed by atoms with Gasteiger partial charge < -0.3 is 10.1 Å². The number of nitrogens with one attached hydrogen (secondary N) is 1. The summed E-state index contributed by atoms with van der Waals surface area (Å²) in [4.78, 5) is 2.24. The summed E-state index contributed by atoms with van der Waals surface area (Å²) in [6, 6.07) is 5.95. The highest BCUT2D eigenvalue weighted by atomic mass is 79.9. The molecule has 1 N–H and O–H groups in total. The summed E-state index contributed by atoms with van der Waals surface area (Å²) in [5.74, 6) is 0. The summed E-state index contributed by atoms with van der Waals surface area (Å²) in [5.41, 5.74) is 1.14. The maximum atomic E-state index is 6.19. The average Bonchev–Trinajstić information content (AvgIpc) is 2.35. The largest absolute Gasteiger partial charge is 0.374 e. The normalized spacial score (nSPS) is 20.3. The first-order chi connectivity index (χ1) is 8.65. The van der Waals surface area contributed by atoms with Crippen molar-refractivity contribution in [2.24, 2.45) is 0 Å². The van der Waals surface area contributed by atoms with Gasteiger partial charge >= 0.3 is 0 Å². The lowest BCUT2D eigenvalue weighted by Gasteiger charge is -2.28. The van der Waals surface area contributed by atoms with Crippen LogP contribution < -0.4 is 5.32 Å². The zero-order valence-corrected chi connectivity index (χ0v) is 12.8. The summed E-state index contributed by atoms with van der Waals surface area (Å²) in [6.07, 6.45) is 0.273. The molecule has 1 fully saturated rings. The van der Waals surface area contributed by atoms with E-state index in [-0.39, 0.29) is 6.10 Å². The molecule has 0 spiro atoms. The monoisotopic (exact) mass is 332 g/mol. The van der Waals surface area contributed by atoms with Gasteiger partial charge in [-0.25, -0.2) is 0 Å². The third kappa shape index (κ3) is 4.21. The van der Waals surface area contributed by atoms with E-state index in [1.54, 1.807) is 0 Å². The molecule has 1 atom stereocenters. The number of nitrogens with zero attached hydrogens (tertiary/aromatic N) is 1. The second-order valence-corrected chi connectivity index (χ2v) is 5.95. The number of benzene rings is 1. The first-order valence-electron chi connectivity index (χ1n) is 6.10. The first kappa shape index (κ1) is 14.3. The van der Waals surface area contributed by atoms with E-state index in [1.165, 1.54) is 0 Å².